The van der Waals surface area contributed by atoms with Crippen molar-refractivity contribution in [2.24, 2.45) is 5.92 Å². The van der Waals surface area contributed by atoms with Crippen LogP contribution in [0, 0.1) is 5.92 Å². The van der Waals surface area contributed by atoms with Gasteiger partial charge in [0.15, 0.2) is 0 Å². The van der Waals surface area contributed by atoms with Crippen LogP contribution < -0.4 is 5.32 Å². The summed E-state index contributed by atoms with van der Waals surface area (Å²) in [5.74, 6) is 0.805. The van der Waals surface area contributed by atoms with Crippen LogP contribution in [0.25, 0.3) is 0 Å². The van der Waals surface area contributed by atoms with Crippen molar-refractivity contribution in [1.29, 1.82) is 0 Å². The van der Waals surface area contributed by atoms with E-state index in [4.69, 9.17) is 0 Å². The van der Waals surface area contributed by atoms with Crippen molar-refractivity contribution < 1.29 is 0 Å². The predicted molar refractivity (Wildman–Crippen MR) is 70.3 cm³/mol. The summed E-state index contributed by atoms with van der Waals surface area (Å²) in [7, 11) is 0. The van der Waals surface area contributed by atoms with Crippen LogP contribution in [0.3, 0.4) is 0 Å². The van der Waals surface area contributed by atoms with Crippen molar-refractivity contribution in [3.05, 3.63) is 0 Å². The smallest absolute Gasteiger partial charge is 0.00436 e. The van der Waals surface area contributed by atoms with Crippen molar-refractivity contribution in [2.75, 3.05) is 0 Å². The van der Waals surface area contributed by atoms with E-state index in [9.17, 15) is 0 Å². The molecule has 0 aliphatic rings. The van der Waals surface area contributed by atoms with Gasteiger partial charge >= 0.3 is 0 Å². The van der Waals surface area contributed by atoms with Crippen molar-refractivity contribution in [3.8, 4) is 0 Å². The van der Waals surface area contributed by atoms with Crippen LogP contribution in [-0.4, -0.2) is 12.1 Å². The van der Waals surface area contributed by atoms with Gasteiger partial charge in [0.2, 0.25) is 0 Å². The van der Waals surface area contributed by atoms with Crippen LogP contribution in [-0.2, 0) is 0 Å². The Morgan fingerprint density at radius 1 is 0.867 bits per heavy atom. The Bertz CT molecular complexity index is 131. The molecule has 2 atom stereocenters. The highest BCUT2D eigenvalue weighted by atomic mass is 14.9. The van der Waals surface area contributed by atoms with E-state index in [0.717, 1.165) is 5.92 Å². The van der Waals surface area contributed by atoms with Crippen LogP contribution in [0.15, 0.2) is 0 Å². The van der Waals surface area contributed by atoms with Gasteiger partial charge < -0.3 is 5.32 Å². The Morgan fingerprint density at radius 2 is 1.53 bits per heavy atom. The topological polar surface area (TPSA) is 12.0 Å². The largest absolute Gasteiger partial charge is 0.312 e. The van der Waals surface area contributed by atoms with Crippen LogP contribution in [0.4, 0.5) is 0 Å². The van der Waals surface area contributed by atoms with Crippen LogP contribution in [0.5, 0.6) is 0 Å². The molecule has 0 fully saturated rings. The van der Waals surface area contributed by atoms with E-state index < -0.39 is 0 Å². The van der Waals surface area contributed by atoms with Crippen molar-refractivity contribution >= 4 is 0 Å². The lowest BCUT2D eigenvalue weighted by molar-refractivity contribution is 0.382. The molecule has 0 spiro atoms. The van der Waals surface area contributed by atoms with Crippen molar-refractivity contribution in [3.63, 3.8) is 0 Å². The monoisotopic (exact) mass is 213 g/mol. The summed E-state index contributed by atoms with van der Waals surface area (Å²) in [5.41, 5.74) is 0. The van der Waals surface area contributed by atoms with E-state index in [1.807, 2.05) is 0 Å². The highest BCUT2D eigenvalue weighted by Crippen LogP contribution is 2.08. The average molecular weight is 213 g/mol. The molecular formula is C14H31N. The summed E-state index contributed by atoms with van der Waals surface area (Å²) in [6, 6.07) is 1.36. The Hall–Kier alpha value is -0.0400. The Morgan fingerprint density at radius 3 is 2.07 bits per heavy atom. The van der Waals surface area contributed by atoms with Crippen LogP contribution >= 0.6 is 0 Å². The minimum atomic E-state index is 0.672. The molecule has 92 valence electrons. The van der Waals surface area contributed by atoms with Crippen molar-refractivity contribution in [2.45, 2.75) is 85.2 Å². The number of nitrogens with one attached hydrogen (secondary N) is 1. The Labute approximate surface area is 97.0 Å². The number of hydrogen-bond acceptors (Lipinski definition) is 1. The standard InChI is InChI=1S/C14H31N/c1-6-7-8-9-10-13(4)15-14(5)11-12(2)3/h12-15H,6-11H2,1-5H3. The second-order valence-corrected chi connectivity index (χ2v) is 5.45. The van der Waals surface area contributed by atoms with Crippen LogP contribution in [0.2, 0.25) is 0 Å². The molecule has 0 aromatic carbocycles. The van der Waals surface area contributed by atoms with Crippen LogP contribution in [0.1, 0.15) is 73.1 Å². The lowest BCUT2D eigenvalue weighted by Gasteiger charge is -2.21. The molecule has 0 rings (SSSR count). The molecule has 2 unspecified atom stereocenters. The highest BCUT2D eigenvalue weighted by Gasteiger charge is 2.08. The van der Waals surface area contributed by atoms with E-state index in [0.29, 0.717) is 12.1 Å². The summed E-state index contributed by atoms with van der Waals surface area (Å²) in [6.45, 7) is 11.5. The molecule has 0 aromatic rings. The molecular weight excluding hydrogens is 182 g/mol. The first-order valence-corrected chi connectivity index (χ1v) is 6.82. The molecule has 1 N–H and O–H groups in total. The van der Waals surface area contributed by atoms with Gasteiger partial charge in [-0.2, -0.15) is 0 Å². The predicted octanol–water partition coefficient (Wildman–Crippen LogP) is 4.37. The Kier molecular flexibility index (Phi) is 9.18. The molecule has 0 saturated carbocycles. The summed E-state index contributed by atoms with van der Waals surface area (Å²) in [5, 5.41) is 3.69. The van der Waals surface area contributed by atoms with Gasteiger partial charge in [-0.3, -0.25) is 0 Å². The normalized spacial score (nSPS) is 15.6. The minimum absolute atomic E-state index is 0.672. The fourth-order valence-electron chi connectivity index (χ4n) is 2.22. The maximum Gasteiger partial charge on any atom is 0.00436 e. The molecule has 1 nitrogen and oxygen atoms in total. The number of hydrogen-bond donors (Lipinski definition) is 1. The zero-order valence-corrected chi connectivity index (χ0v) is 11.5. The molecule has 0 heterocycles. The second kappa shape index (κ2) is 9.21. The average Bonchev–Trinajstić information content (AvgIpc) is 2.10. The molecule has 0 aliphatic heterocycles. The lowest BCUT2D eigenvalue weighted by atomic mass is 10.0. The zero-order valence-electron chi connectivity index (χ0n) is 11.5. The molecule has 0 saturated heterocycles. The Balaban J connectivity index is 3.42. The fraction of sp³-hybridized carbons (Fsp3) is 1.00. The molecule has 15 heavy (non-hydrogen) atoms. The first-order chi connectivity index (χ1) is 7.06. The molecule has 0 aliphatic carbocycles. The van der Waals surface area contributed by atoms with Gasteiger partial charge in [-0.05, 0) is 32.6 Å². The third kappa shape index (κ3) is 10.2. The van der Waals surface area contributed by atoms with E-state index >= 15 is 0 Å². The number of rotatable bonds is 9. The quantitative estimate of drug-likeness (QED) is 0.561. The van der Waals surface area contributed by atoms with E-state index in [2.05, 4.69) is 39.9 Å². The fourth-order valence-corrected chi connectivity index (χ4v) is 2.22. The van der Waals surface area contributed by atoms with Gasteiger partial charge in [-0.25, -0.2) is 0 Å². The van der Waals surface area contributed by atoms with Gasteiger partial charge in [0, 0.05) is 12.1 Å². The molecule has 0 amide bonds. The summed E-state index contributed by atoms with van der Waals surface area (Å²) in [6.07, 6.45) is 8.15. The first kappa shape index (κ1) is 15.0. The van der Waals surface area contributed by atoms with E-state index in [-0.39, 0.29) is 0 Å². The maximum atomic E-state index is 3.69. The SMILES string of the molecule is CCCCCCC(C)NC(C)CC(C)C. The summed E-state index contributed by atoms with van der Waals surface area (Å²) in [4.78, 5) is 0. The van der Waals surface area contributed by atoms with Crippen molar-refractivity contribution in [1.82, 2.24) is 5.32 Å². The third-order valence-corrected chi connectivity index (χ3v) is 2.88. The van der Waals surface area contributed by atoms with Gasteiger partial charge in [0.05, 0.1) is 0 Å². The summed E-state index contributed by atoms with van der Waals surface area (Å²) < 4.78 is 0. The van der Waals surface area contributed by atoms with Gasteiger partial charge in [0.25, 0.3) is 0 Å². The minimum Gasteiger partial charge on any atom is -0.312 e. The summed E-state index contributed by atoms with van der Waals surface area (Å²) >= 11 is 0. The van der Waals surface area contributed by atoms with E-state index in [1.54, 1.807) is 0 Å². The van der Waals surface area contributed by atoms with Gasteiger partial charge in [-0.1, -0.05) is 46.5 Å². The highest BCUT2D eigenvalue weighted by molar-refractivity contribution is 4.68. The van der Waals surface area contributed by atoms with Gasteiger partial charge in [0.1, 0.15) is 0 Å². The number of unbranched alkanes of at least 4 members (excludes halogenated alkanes) is 3. The first-order valence-electron chi connectivity index (χ1n) is 6.82. The molecule has 0 bridgehead atoms. The molecule has 1 heteroatoms. The molecule has 0 radical (unpaired) electrons. The maximum absolute atomic E-state index is 3.69. The third-order valence-electron chi connectivity index (χ3n) is 2.88. The van der Waals surface area contributed by atoms with Gasteiger partial charge in [-0.15, -0.1) is 0 Å². The lowest BCUT2D eigenvalue weighted by Crippen LogP contribution is -2.35. The van der Waals surface area contributed by atoms with E-state index in [1.165, 1.54) is 38.5 Å². The molecule has 0 aromatic heterocycles. The zero-order chi connectivity index (χ0) is 11.7. The second-order valence-electron chi connectivity index (χ2n) is 5.45.